The number of hydrogen-bond acceptors (Lipinski definition) is 5. The molecule has 0 radical (unpaired) electrons. The van der Waals surface area contributed by atoms with Gasteiger partial charge in [-0.1, -0.05) is 0 Å². The predicted octanol–water partition coefficient (Wildman–Crippen LogP) is 1.84. The van der Waals surface area contributed by atoms with Crippen molar-refractivity contribution in [3.63, 3.8) is 0 Å². The molecule has 17 heavy (non-hydrogen) atoms. The van der Waals surface area contributed by atoms with Crippen LogP contribution in [0.3, 0.4) is 0 Å². The molecule has 1 heterocycles. The van der Waals surface area contributed by atoms with Crippen LogP contribution in [0.5, 0.6) is 5.75 Å². The number of hydrogen-bond donors (Lipinski definition) is 1. The number of ether oxygens (including phenoxy) is 2. The van der Waals surface area contributed by atoms with E-state index < -0.39 is 0 Å². The average molecular weight is 272 g/mol. The fraction of sp³-hybridized carbons (Fsp3) is 0.455. The lowest BCUT2D eigenvalue weighted by molar-refractivity contribution is 0.327. The summed E-state index contributed by atoms with van der Waals surface area (Å²) in [4.78, 5) is 4.27. The third-order valence-corrected chi connectivity index (χ3v) is 3.23. The minimum atomic E-state index is 0.431. The highest BCUT2D eigenvalue weighted by Crippen LogP contribution is 2.19. The first-order chi connectivity index (χ1) is 8.27. The van der Waals surface area contributed by atoms with Gasteiger partial charge in [0.1, 0.15) is 5.75 Å². The van der Waals surface area contributed by atoms with E-state index in [4.69, 9.17) is 21.7 Å². The summed E-state index contributed by atoms with van der Waals surface area (Å²) in [6, 6.07) is 3.77. The van der Waals surface area contributed by atoms with E-state index >= 15 is 0 Å². The van der Waals surface area contributed by atoms with Crippen molar-refractivity contribution in [2.24, 2.45) is 0 Å². The molecule has 0 unspecified atom stereocenters. The second-order valence-corrected chi connectivity index (χ2v) is 4.57. The molecular weight excluding hydrogens is 256 g/mol. The monoisotopic (exact) mass is 272 g/mol. The van der Waals surface area contributed by atoms with Crippen molar-refractivity contribution in [1.82, 2.24) is 10.3 Å². The summed E-state index contributed by atoms with van der Waals surface area (Å²) in [7, 11) is 3.40. The van der Waals surface area contributed by atoms with Gasteiger partial charge in [0.05, 0.1) is 19.4 Å². The van der Waals surface area contributed by atoms with Crippen molar-refractivity contribution in [3.8, 4) is 5.75 Å². The molecule has 0 aliphatic carbocycles. The summed E-state index contributed by atoms with van der Waals surface area (Å²) in [5.74, 6) is 2.49. The van der Waals surface area contributed by atoms with Crippen molar-refractivity contribution in [2.75, 3.05) is 26.5 Å². The van der Waals surface area contributed by atoms with Gasteiger partial charge in [-0.25, -0.2) is 0 Å². The number of rotatable bonds is 6. The molecule has 1 aromatic heterocycles. The lowest BCUT2D eigenvalue weighted by atomic mass is 10.3. The Morgan fingerprint density at radius 2 is 2.41 bits per heavy atom. The number of thioether (sulfide) groups is 1. The van der Waals surface area contributed by atoms with Crippen molar-refractivity contribution >= 4 is 29.2 Å². The van der Waals surface area contributed by atoms with Crippen molar-refractivity contribution in [1.29, 1.82) is 0 Å². The number of thiocarbonyl (C=S) groups is 1. The third-order valence-electron chi connectivity index (χ3n) is 1.97. The Morgan fingerprint density at radius 1 is 1.59 bits per heavy atom. The summed E-state index contributed by atoms with van der Waals surface area (Å²) in [5.41, 5.74) is 0.955. The maximum absolute atomic E-state index is 5.23. The number of pyridine rings is 1. The molecule has 0 aromatic carbocycles. The van der Waals surface area contributed by atoms with Crippen LogP contribution in [0.25, 0.3) is 0 Å². The molecule has 0 saturated carbocycles. The normalized spacial score (nSPS) is 9.76. The van der Waals surface area contributed by atoms with Gasteiger partial charge < -0.3 is 14.8 Å². The highest BCUT2D eigenvalue weighted by atomic mass is 32.2. The fourth-order valence-corrected chi connectivity index (χ4v) is 1.99. The number of nitrogens with one attached hydrogen (secondary N) is 1. The smallest absolute Gasteiger partial charge is 0.256 e. The summed E-state index contributed by atoms with van der Waals surface area (Å²) >= 11 is 6.60. The SMILES string of the molecule is CNC(=S)OCCSCc1ncccc1OC. The zero-order valence-electron chi connectivity index (χ0n) is 9.93. The van der Waals surface area contributed by atoms with Crippen LogP contribution >= 0.6 is 24.0 Å². The van der Waals surface area contributed by atoms with E-state index in [0.29, 0.717) is 11.8 Å². The van der Waals surface area contributed by atoms with Gasteiger partial charge in [-0.2, -0.15) is 11.8 Å². The van der Waals surface area contributed by atoms with Gasteiger partial charge in [-0.05, 0) is 24.4 Å². The molecule has 0 atom stereocenters. The van der Waals surface area contributed by atoms with E-state index in [9.17, 15) is 0 Å². The molecule has 1 rings (SSSR count). The maximum atomic E-state index is 5.23. The van der Waals surface area contributed by atoms with Gasteiger partial charge in [-0.3, -0.25) is 4.98 Å². The molecule has 1 aromatic rings. The lowest BCUT2D eigenvalue weighted by Crippen LogP contribution is -2.19. The first-order valence-electron chi connectivity index (χ1n) is 5.18. The van der Waals surface area contributed by atoms with Crippen molar-refractivity contribution in [2.45, 2.75) is 5.75 Å². The Morgan fingerprint density at radius 3 is 3.12 bits per heavy atom. The molecule has 94 valence electrons. The molecule has 4 nitrogen and oxygen atoms in total. The number of aromatic nitrogens is 1. The van der Waals surface area contributed by atoms with Crippen LogP contribution < -0.4 is 10.1 Å². The minimum absolute atomic E-state index is 0.431. The van der Waals surface area contributed by atoms with E-state index in [1.165, 1.54) is 0 Å². The second kappa shape index (κ2) is 8.14. The Hall–Kier alpha value is -1.01. The van der Waals surface area contributed by atoms with E-state index in [1.54, 1.807) is 32.1 Å². The maximum Gasteiger partial charge on any atom is 0.256 e. The van der Waals surface area contributed by atoms with Crippen LogP contribution in [0.2, 0.25) is 0 Å². The van der Waals surface area contributed by atoms with Crippen LogP contribution in [0.15, 0.2) is 18.3 Å². The summed E-state index contributed by atoms with van der Waals surface area (Å²) in [6.45, 7) is 0.597. The van der Waals surface area contributed by atoms with Gasteiger partial charge in [0.15, 0.2) is 0 Å². The van der Waals surface area contributed by atoms with E-state index in [-0.39, 0.29) is 0 Å². The molecule has 0 aliphatic heterocycles. The van der Waals surface area contributed by atoms with Crippen molar-refractivity contribution in [3.05, 3.63) is 24.0 Å². The highest BCUT2D eigenvalue weighted by Gasteiger charge is 2.03. The summed E-state index contributed by atoms with van der Waals surface area (Å²) in [5, 5.41) is 3.19. The third kappa shape index (κ3) is 5.23. The van der Waals surface area contributed by atoms with E-state index in [0.717, 1.165) is 22.9 Å². The van der Waals surface area contributed by atoms with E-state index in [1.807, 2.05) is 12.1 Å². The van der Waals surface area contributed by atoms with Gasteiger partial charge >= 0.3 is 0 Å². The predicted molar refractivity (Wildman–Crippen MR) is 74.6 cm³/mol. The largest absolute Gasteiger partial charge is 0.495 e. The van der Waals surface area contributed by atoms with Crippen LogP contribution in [0.1, 0.15) is 5.69 Å². The molecule has 0 bridgehead atoms. The summed E-state index contributed by atoms with van der Waals surface area (Å²) < 4.78 is 10.5. The molecule has 0 saturated heterocycles. The second-order valence-electron chi connectivity index (χ2n) is 3.09. The van der Waals surface area contributed by atoms with Crippen molar-refractivity contribution < 1.29 is 9.47 Å². The van der Waals surface area contributed by atoms with Gasteiger partial charge in [-0.15, -0.1) is 0 Å². The van der Waals surface area contributed by atoms with Crippen LogP contribution in [0, 0.1) is 0 Å². The molecule has 6 heteroatoms. The lowest BCUT2D eigenvalue weighted by Gasteiger charge is -2.08. The van der Waals surface area contributed by atoms with E-state index in [2.05, 4.69) is 10.3 Å². The Balaban J connectivity index is 2.24. The fourth-order valence-electron chi connectivity index (χ4n) is 1.15. The zero-order chi connectivity index (χ0) is 12.5. The van der Waals surface area contributed by atoms with Gasteiger partial charge in [0.2, 0.25) is 0 Å². The van der Waals surface area contributed by atoms with Crippen LogP contribution in [0.4, 0.5) is 0 Å². The quantitative estimate of drug-likeness (QED) is 0.630. The Kier molecular flexibility index (Phi) is 6.73. The summed E-state index contributed by atoms with van der Waals surface area (Å²) in [6.07, 6.45) is 1.77. The molecule has 0 fully saturated rings. The molecular formula is C11H16N2O2S2. The van der Waals surface area contributed by atoms with Crippen LogP contribution in [-0.4, -0.2) is 36.7 Å². The minimum Gasteiger partial charge on any atom is -0.495 e. The number of nitrogens with zero attached hydrogens (tertiary/aromatic N) is 1. The van der Waals surface area contributed by atoms with Gasteiger partial charge in [0, 0.05) is 24.8 Å². The number of methoxy groups -OCH3 is 1. The van der Waals surface area contributed by atoms with Gasteiger partial charge in [0.25, 0.3) is 5.17 Å². The molecule has 0 aliphatic rings. The molecule has 0 spiro atoms. The first kappa shape index (κ1) is 14.1. The Bertz CT molecular complexity index is 361. The highest BCUT2D eigenvalue weighted by molar-refractivity contribution is 7.98. The average Bonchev–Trinajstić information content (AvgIpc) is 2.38. The standard InChI is InChI=1S/C11H16N2O2S2/c1-12-11(16)15-6-7-17-8-9-10(14-2)4-3-5-13-9/h3-5H,6-8H2,1-2H3,(H,12,16). The topological polar surface area (TPSA) is 43.4 Å². The Labute approximate surface area is 111 Å². The molecule has 0 amide bonds. The van der Waals surface area contributed by atoms with Crippen LogP contribution in [-0.2, 0) is 10.5 Å². The zero-order valence-corrected chi connectivity index (χ0v) is 11.6. The first-order valence-corrected chi connectivity index (χ1v) is 6.74. The molecule has 1 N–H and O–H groups in total.